The van der Waals surface area contributed by atoms with Gasteiger partial charge in [-0.1, -0.05) is 47.7 Å². The number of halogens is 1. The normalized spacial score (nSPS) is 11.0. The van der Waals surface area contributed by atoms with Gasteiger partial charge in [-0.15, -0.1) is 20.4 Å². The van der Waals surface area contributed by atoms with Gasteiger partial charge in [0, 0.05) is 10.0 Å². The van der Waals surface area contributed by atoms with Crippen molar-refractivity contribution in [2.45, 2.75) is 24.4 Å². The molecular weight excluding hydrogens is 468 g/mol. The molecule has 4 aromatic rings. The molecule has 30 heavy (non-hydrogen) atoms. The zero-order valence-electron chi connectivity index (χ0n) is 15.9. The number of amides is 1. The van der Waals surface area contributed by atoms with Crippen LogP contribution in [-0.4, -0.2) is 30.9 Å². The zero-order chi connectivity index (χ0) is 21.1. The van der Waals surface area contributed by atoms with Crippen LogP contribution in [0.2, 0.25) is 0 Å². The van der Waals surface area contributed by atoms with Crippen LogP contribution in [-0.2, 0) is 17.1 Å². The lowest BCUT2D eigenvalue weighted by molar-refractivity contribution is -0.118. The van der Waals surface area contributed by atoms with Crippen molar-refractivity contribution in [3.63, 3.8) is 0 Å². The van der Waals surface area contributed by atoms with Crippen LogP contribution >= 0.6 is 27.7 Å². The summed E-state index contributed by atoms with van der Waals surface area (Å²) in [6, 6.07) is 15.5. The van der Waals surface area contributed by atoms with E-state index in [2.05, 4.69) is 36.3 Å². The van der Waals surface area contributed by atoms with Gasteiger partial charge < -0.3 is 10.2 Å². The van der Waals surface area contributed by atoms with E-state index < -0.39 is 5.91 Å². The number of hydrogen-bond acceptors (Lipinski definition) is 7. The van der Waals surface area contributed by atoms with Crippen LogP contribution in [0.5, 0.6) is 0 Å². The summed E-state index contributed by atoms with van der Waals surface area (Å²) in [5.74, 6) is 1.36. The summed E-state index contributed by atoms with van der Waals surface area (Å²) in [5, 5.41) is 17.3. The Labute approximate surface area is 185 Å². The lowest BCUT2D eigenvalue weighted by Crippen LogP contribution is -2.20. The number of nitrogens with two attached hydrogens (primary N) is 1. The molecule has 152 valence electrons. The first-order chi connectivity index (χ1) is 14.5. The SMILES string of the molecule is Cc1cccc(-c2nnc(SCc3nnc(-c4ccccc4Br)o3)n2CC(N)=O)c1. The molecule has 0 spiro atoms. The van der Waals surface area contributed by atoms with E-state index in [0.29, 0.717) is 28.5 Å². The van der Waals surface area contributed by atoms with Crippen LogP contribution in [0.4, 0.5) is 0 Å². The molecule has 0 saturated heterocycles. The minimum atomic E-state index is -0.473. The molecule has 2 aromatic carbocycles. The molecule has 0 aliphatic rings. The van der Waals surface area contributed by atoms with Crippen LogP contribution in [0.1, 0.15) is 11.5 Å². The summed E-state index contributed by atoms with van der Waals surface area (Å²) in [4.78, 5) is 11.6. The maximum Gasteiger partial charge on any atom is 0.248 e. The first kappa shape index (κ1) is 20.3. The average Bonchev–Trinajstić information content (AvgIpc) is 3.33. The Morgan fingerprint density at radius 2 is 1.97 bits per heavy atom. The summed E-state index contributed by atoms with van der Waals surface area (Å²) in [6.07, 6.45) is 0. The first-order valence-corrected chi connectivity index (χ1v) is 10.8. The van der Waals surface area contributed by atoms with Crippen molar-refractivity contribution < 1.29 is 9.21 Å². The molecular formula is C20H17BrN6O2S. The highest BCUT2D eigenvalue weighted by molar-refractivity contribution is 9.10. The summed E-state index contributed by atoms with van der Waals surface area (Å²) >= 11 is 4.83. The molecule has 0 radical (unpaired) electrons. The second kappa shape index (κ2) is 8.80. The van der Waals surface area contributed by atoms with E-state index in [1.54, 1.807) is 4.57 Å². The van der Waals surface area contributed by atoms with Gasteiger partial charge in [0.1, 0.15) is 6.54 Å². The summed E-state index contributed by atoms with van der Waals surface area (Å²) < 4.78 is 8.35. The number of benzene rings is 2. The molecule has 0 atom stereocenters. The topological polar surface area (TPSA) is 113 Å². The van der Waals surface area contributed by atoms with E-state index in [9.17, 15) is 4.79 Å². The second-order valence-corrected chi connectivity index (χ2v) is 8.29. The Morgan fingerprint density at radius 3 is 2.73 bits per heavy atom. The lowest BCUT2D eigenvalue weighted by atomic mass is 10.1. The fourth-order valence-corrected chi connectivity index (χ4v) is 4.10. The van der Waals surface area contributed by atoms with Crippen LogP contribution in [0.25, 0.3) is 22.8 Å². The van der Waals surface area contributed by atoms with Crippen molar-refractivity contribution in [3.8, 4) is 22.8 Å². The van der Waals surface area contributed by atoms with Crippen molar-refractivity contribution in [2.24, 2.45) is 5.73 Å². The number of aromatic nitrogens is 5. The van der Waals surface area contributed by atoms with Gasteiger partial charge in [0.25, 0.3) is 0 Å². The molecule has 1 amide bonds. The number of carbonyl (C=O) groups is 1. The number of carbonyl (C=O) groups excluding carboxylic acids is 1. The fourth-order valence-electron chi connectivity index (χ4n) is 2.87. The smallest absolute Gasteiger partial charge is 0.248 e. The molecule has 0 aliphatic carbocycles. The number of thioether (sulfide) groups is 1. The number of aryl methyl sites for hydroxylation is 1. The van der Waals surface area contributed by atoms with Crippen molar-refractivity contribution in [3.05, 3.63) is 64.5 Å². The predicted octanol–water partition coefficient (Wildman–Crippen LogP) is 3.84. The minimum absolute atomic E-state index is 0.0232. The van der Waals surface area contributed by atoms with Crippen molar-refractivity contribution in [2.75, 3.05) is 0 Å². The molecule has 2 N–H and O–H groups in total. The number of nitrogens with zero attached hydrogens (tertiary/aromatic N) is 5. The Kier molecular flexibility index (Phi) is 5.96. The molecule has 2 heterocycles. The van der Waals surface area contributed by atoms with Gasteiger partial charge >= 0.3 is 0 Å². The molecule has 2 aromatic heterocycles. The van der Waals surface area contributed by atoms with Gasteiger partial charge in [0.05, 0.1) is 11.3 Å². The highest BCUT2D eigenvalue weighted by Crippen LogP contribution is 2.29. The van der Waals surface area contributed by atoms with Gasteiger partial charge in [-0.25, -0.2) is 0 Å². The predicted molar refractivity (Wildman–Crippen MR) is 116 cm³/mol. The van der Waals surface area contributed by atoms with Gasteiger partial charge in [0.2, 0.25) is 17.7 Å². The van der Waals surface area contributed by atoms with Gasteiger partial charge in [-0.3, -0.25) is 9.36 Å². The third kappa shape index (κ3) is 4.44. The zero-order valence-corrected chi connectivity index (χ0v) is 18.4. The number of hydrogen-bond donors (Lipinski definition) is 1. The highest BCUT2D eigenvalue weighted by Gasteiger charge is 2.18. The maximum atomic E-state index is 11.6. The molecule has 0 aliphatic heterocycles. The second-order valence-electron chi connectivity index (χ2n) is 6.50. The Bertz CT molecular complexity index is 1210. The molecule has 0 saturated carbocycles. The summed E-state index contributed by atoms with van der Waals surface area (Å²) in [7, 11) is 0. The largest absolute Gasteiger partial charge is 0.420 e. The van der Waals surface area contributed by atoms with E-state index in [-0.39, 0.29) is 6.54 Å². The Balaban J connectivity index is 1.57. The van der Waals surface area contributed by atoms with Crippen molar-refractivity contribution in [1.82, 2.24) is 25.0 Å². The van der Waals surface area contributed by atoms with Crippen LogP contribution in [0.3, 0.4) is 0 Å². The lowest BCUT2D eigenvalue weighted by Gasteiger charge is -2.08. The number of rotatable bonds is 7. The molecule has 8 nitrogen and oxygen atoms in total. The molecule has 0 unspecified atom stereocenters. The van der Waals surface area contributed by atoms with Gasteiger partial charge in [0.15, 0.2) is 11.0 Å². The summed E-state index contributed by atoms with van der Waals surface area (Å²) in [5.41, 5.74) is 8.22. The first-order valence-electron chi connectivity index (χ1n) is 9.00. The Hall–Kier alpha value is -2.98. The molecule has 0 fully saturated rings. The van der Waals surface area contributed by atoms with E-state index in [4.69, 9.17) is 10.2 Å². The van der Waals surface area contributed by atoms with E-state index in [1.807, 2.05) is 55.5 Å². The van der Waals surface area contributed by atoms with Gasteiger partial charge in [-0.2, -0.15) is 0 Å². The summed E-state index contributed by atoms with van der Waals surface area (Å²) in [6.45, 7) is 1.97. The third-order valence-electron chi connectivity index (χ3n) is 4.20. The van der Waals surface area contributed by atoms with Crippen LogP contribution in [0.15, 0.2) is 62.6 Å². The third-order valence-corrected chi connectivity index (χ3v) is 5.85. The minimum Gasteiger partial charge on any atom is -0.420 e. The Morgan fingerprint density at radius 1 is 1.13 bits per heavy atom. The fraction of sp³-hybridized carbons (Fsp3) is 0.150. The van der Waals surface area contributed by atoms with Crippen LogP contribution < -0.4 is 5.73 Å². The quantitative estimate of drug-likeness (QED) is 0.396. The van der Waals surface area contributed by atoms with Crippen molar-refractivity contribution in [1.29, 1.82) is 0 Å². The molecule has 0 bridgehead atoms. The maximum absolute atomic E-state index is 11.6. The van der Waals surface area contributed by atoms with Crippen molar-refractivity contribution >= 4 is 33.6 Å². The molecule has 10 heteroatoms. The molecule has 4 rings (SSSR count). The van der Waals surface area contributed by atoms with Crippen LogP contribution in [0, 0.1) is 6.92 Å². The highest BCUT2D eigenvalue weighted by atomic mass is 79.9. The average molecular weight is 485 g/mol. The van der Waals surface area contributed by atoms with E-state index in [1.165, 1.54) is 11.8 Å². The number of primary amides is 1. The van der Waals surface area contributed by atoms with Gasteiger partial charge in [-0.05, 0) is 41.1 Å². The van der Waals surface area contributed by atoms with E-state index in [0.717, 1.165) is 21.2 Å². The monoisotopic (exact) mass is 484 g/mol. The van der Waals surface area contributed by atoms with E-state index >= 15 is 0 Å². The standard InChI is InChI=1S/C20H17BrN6O2S/c1-12-5-4-6-13(9-12)18-24-26-20(27(18)10-16(22)28)30-11-17-23-25-19(29-17)14-7-2-3-8-15(14)21/h2-9H,10-11H2,1H3,(H2,22,28).